The molecule has 1 aliphatic carbocycles. The maximum Gasteiger partial charge on any atom is 0.293 e. The lowest BCUT2D eigenvalue weighted by Gasteiger charge is -2.34. The van der Waals surface area contributed by atoms with Crippen LogP contribution in [0.1, 0.15) is 18.9 Å². The Labute approximate surface area is 112 Å². The van der Waals surface area contributed by atoms with Crippen LogP contribution in [-0.2, 0) is 0 Å². The second-order valence-electron chi connectivity index (χ2n) is 5.25. The smallest absolute Gasteiger partial charge is 0.293 e. The van der Waals surface area contributed by atoms with Gasteiger partial charge in [-0.15, -0.1) is 0 Å². The molecule has 0 spiro atoms. The summed E-state index contributed by atoms with van der Waals surface area (Å²) < 4.78 is 1.82. The molecule has 0 aromatic carbocycles. The Morgan fingerprint density at radius 3 is 2.63 bits per heavy atom. The Kier molecular flexibility index (Phi) is 3.52. The van der Waals surface area contributed by atoms with E-state index in [4.69, 9.17) is 5.11 Å². The molecule has 0 bridgehead atoms. The van der Waals surface area contributed by atoms with Crippen molar-refractivity contribution >= 4 is 5.82 Å². The Balaban J connectivity index is 1.73. The van der Waals surface area contributed by atoms with E-state index < -0.39 is 0 Å². The number of nitrogens with zero attached hydrogens (tertiary/aromatic N) is 4. The molecule has 1 saturated carbocycles. The Hall–Kier alpha value is -1.40. The van der Waals surface area contributed by atoms with Crippen LogP contribution in [0.2, 0.25) is 0 Å². The van der Waals surface area contributed by atoms with Gasteiger partial charge >= 0.3 is 0 Å². The van der Waals surface area contributed by atoms with E-state index in [0.29, 0.717) is 18.4 Å². The monoisotopic (exact) mass is 264 g/mol. The molecule has 1 aromatic rings. The van der Waals surface area contributed by atoms with Crippen molar-refractivity contribution in [1.29, 1.82) is 0 Å². The van der Waals surface area contributed by atoms with Gasteiger partial charge in [0, 0.05) is 51.2 Å². The first-order valence-electron chi connectivity index (χ1n) is 6.95. The van der Waals surface area contributed by atoms with Gasteiger partial charge in [0.25, 0.3) is 5.56 Å². The Bertz CT molecular complexity index is 490. The van der Waals surface area contributed by atoms with Crippen LogP contribution in [0.4, 0.5) is 5.82 Å². The van der Waals surface area contributed by atoms with Gasteiger partial charge in [-0.3, -0.25) is 9.69 Å². The lowest BCUT2D eigenvalue weighted by molar-refractivity contribution is 0.188. The molecule has 1 N–H and O–H groups in total. The third kappa shape index (κ3) is 2.64. The standard InChI is InChI=1S/C13H20N4O2/c18-10-9-15-5-7-16(8-6-15)12-13(19)17(4-3-14-12)11-1-2-11/h3-4,11,18H,1-2,5-10H2. The van der Waals surface area contributed by atoms with Crippen molar-refractivity contribution in [2.24, 2.45) is 0 Å². The molecular formula is C13H20N4O2. The molecule has 3 rings (SSSR count). The van der Waals surface area contributed by atoms with Crippen LogP contribution in [0.15, 0.2) is 17.2 Å². The zero-order valence-electron chi connectivity index (χ0n) is 11.0. The summed E-state index contributed by atoms with van der Waals surface area (Å²) in [6, 6.07) is 0.393. The molecule has 0 atom stereocenters. The molecule has 2 aliphatic rings. The summed E-state index contributed by atoms with van der Waals surface area (Å²) >= 11 is 0. The maximum absolute atomic E-state index is 12.4. The molecule has 6 nitrogen and oxygen atoms in total. The van der Waals surface area contributed by atoms with E-state index in [-0.39, 0.29) is 12.2 Å². The molecule has 0 radical (unpaired) electrons. The molecular weight excluding hydrogens is 244 g/mol. The van der Waals surface area contributed by atoms with E-state index in [1.165, 1.54) is 0 Å². The van der Waals surface area contributed by atoms with Crippen molar-refractivity contribution in [2.45, 2.75) is 18.9 Å². The Morgan fingerprint density at radius 2 is 2.00 bits per heavy atom. The van der Waals surface area contributed by atoms with E-state index in [9.17, 15) is 4.79 Å². The first-order valence-corrected chi connectivity index (χ1v) is 6.95. The van der Waals surface area contributed by atoms with Crippen molar-refractivity contribution in [1.82, 2.24) is 14.5 Å². The van der Waals surface area contributed by atoms with Crippen LogP contribution in [-0.4, -0.2) is 58.9 Å². The average Bonchev–Trinajstić information content (AvgIpc) is 3.25. The summed E-state index contributed by atoms with van der Waals surface area (Å²) in [5.74, 6) is 0.582. The fraction of sp³-hybridized carbons (Fsp3) is 0.692. The van der Waals surface area contributed by atoms with Gasteiger partial charge in [-0.05, 0) is 12.8 Å². The number of rotatable bonds is 4. The predicted octanol–water partition coefficient (Wildman–Crippen LogP) is -0.307. The number of β-amino-alcohol motifs (C(OH)–C–C–N with tert-alkyl or cyclic N) is 1. The number of aliphatic hydroxyl groups is 1. The van der Waals surface area contributed by atoms with Crippen LogP contribution in [0, 0.1) is 0 Å². The second-order valence-corrected chi connectivity index (χ2v) is 5.25. The van der Waals surface area contributed by atoms with E-state index in [0.717, 1.165) is 39.0 Å². The molecule has 1 aliphatic heterocycles. The van der Waals surface area contributed by atoms with Crippen molar-refractivity contribution < 1.29 is 5.11 Å². The van der Waals surface area contributed by atoms with Gasteiger partial charge < -0.3 is 14.6 Å². The van der Waals surface area contributed by atoms with E-state index in [1.54, 1.807) is 12.4 Å². The highest BCUT2D eigenvalue weighted by Crippen LogP contribution is 2.33. The van der Waals surface area contributed by atoms with Gasteiger partial charge in [-0.1, -0.05) is 0 Å². The number of piperazine rings is 1. The highest BCUT2D eigenvalue weighted by atomic mass is 16.3. The van der Waals surface area contributed by atoms with Crippen molar-refractivity contribution in [3.63, 3.8) is 0 Å². The van der Waals surface area contributed by atoms with Gasteiger partial charge in [0.1, 0.15) is 0 Å². The van der Waals surface area contributed by atoms with Gasteiger partial charge in [0.15, 0.2) is 5.82 Å². The zero-order chi connectivity index (χ0) is 13.2. The van der Waals surface area contributed by atoms with Crippen LogP contribution in [0.3, 0.4) is 0 Å². The topological polar surface area (TPSA) is 61.6 Å². The van der Waals surface area contributed by atoms with Crippen LogP contribution < -0.4 is 10.5 Å². The third-order valence-electron chi connectivity index (χ3n) is 3.88. The first-order chi connectivity index (χ1) is 9.29. The van der Waals surface area contributed by atoms with Crippen LogP contribution in [0.25, 0.3) is 0 Å². The van der Waals surface area contributed by atoms with Crippen LogP contribution in [0.5, 0.6) is 0 Å². The van der Waals surface area contributed by atoms with Crippen molar-refractivity contribution in [3.05, 3.63) is 22.7 Å². The summed E-state index contributed by atoms with van der Waals surface area (Å²) in [6.07, 6.45) is 5.74. The van der Waals surface area contributed by atoms with Gasteiger partial charge in [-0.2, -0.15) is 0 Å². The molecule has 0 amide bonds. The summed E-state index contributed by atoms with van der Waals surface area (Å²) in [4.78, 5) is 20.9. The normalized spacial score (nSPS) is 20.8. The highest BCUT2D eigenvalue weighted by Gasteiger charge is 2.27. The second kappa shape index (κ2) is 5.30. The predicted molar refractivity (Wildman–Crippen MR) is 72.5 cm³/mol. The molecule has 0 unspecified atom stereocenters. The fourth-order valence-corrected chi connectivity index (χ4v) is 2.60. The molecule has 104 valence electrons. The first kappa shape index (κ1) is 12.6. The third-order valence-corrected chi connectivity index (χ3v) is 3.88. The maximum atomic E-state index is 12.4. The number of anilines is 1. The lowest BCUT2D eigenvalue weighted by atomic mass is 10.3. The van der Waals surface area contributed by atoms with Crippen LogP contribution >= 0.6 is 0 Å². The minimum absolute atomic E-state index is 0.0422. The summed E-state index contributed by atoms with van der Waals surface area (Å²) in [6.45, 7) is 4.26. The van der Waals surface area contributed by atoms with Gasteiger partial charge in [0.05, 0.1) is 6.61 Å². The summed E-state index contributed by atoms with van der Waals surface area (Å²) in [5.41, 5.74) is 0.0422. The molecule has 1 aromatic heterocycles. The number of aliphatic hydroxyl groups excluding tert-OH is 1. The number of aromatic nitrogens is 2. The van der Waals surface area contributed by atoms with E-state index in [1.807, 2.05) is 4.57 Å². The molecule has 19 heavy (non-hydrogen) atoms. The summed E-state index contributed by atoms with van der Waals surface area (Å²) in [7, 11) is 0. The number of hydrogen-bond acceptors (Lipinski definition) is 5. The Morgan fingerprint density at radius 1 is 1.26 bits per heavy atom. The molecule has 6 heteroatoms. The minimum atomic E-state index is 0.0422. The van der Waals surface area contributed by atoms with Gasteiger partial charge in [0.2, 0.25) is 0 Å². The lowest BCUT2D eigenvalue weighted by Crippen LogP contribution is -2.49. The van der Waals surface area contributed by atoms with E-state index in [2.05, 4.69) is 14.8 Å². The zero-order valence-corrected chi connectivity index (χ0v) is 11.0. The van der Waals surface area contributed by atoms with Crippen molar-refractivity contribution in [2.75, 3.05) is 44.2 Å². The highest BCUT2D eigenvalue weighted by molar-refractivity contribution is 5.36. The largest absolute Gasteiger partial charge is 0.395 e. The summed E-state index contributed by atoms with van der Waals surface area (Å²) in [5, 5.41) is 8.93. The minimum Gasteiger partial charge on any atom is -0.395 e. The van der Waals surface area contributed by atoms with Gasteiger partial charge in [-0.25, -0.2) is 4.98 Å². The average molecular weight is 264 g/mol. The fourth-order valence-electron chi connectivity index (χ4n) is 2.60. The number of hydrogen-bond donors (Lipinski definition) is 1. The quantitative estimate of drug-likeness (QED) is 0.808. The van der Waals surface area contributed by atoms with Crippen molar-refractivity contribution in [3.8, 4) is 0 Å². The molecule has 2 heterocycles. The SMILES string of the molecule is O=c1c(N2CCN(CCO)CC2)nccn1C1CC1. The molecule has 2 fully saturated rings. The molecule has 1 saturated heterocycles. The van der Waals surface area contributed by atoms with E-state index >= 15 is 0 Å².